The Morgan fingerprint density at radius 3 is 2.69 bits per heavy atom. The Labute approximate surface area is 186 Å². The molecular formula is C22H16ClF2N5O2. The molecule has 7 nitrogen and oxygen atoms in total. The van der Waals surface area contributed by atoms with Crippen LogP contribution in [0, 0.1) is 18.6 Å². The largest absolute Gasteiger partial charge is 0.355 e. The lowest BCUT2D eigenvalue weighted by molar-refractivity contribution is 0.0961. The topological polar surface area (TPSA) is 85.8 Å². The van der Waals surface area contributed by atoms with Crippen LogP contribution in [0.5, 0.6) is 0 Å². The number of carbonyl (C=O) groups excluding carboxylic acids is 1. The van der Waals surface area contributed by atoms with Gasteiger partial charge in [-0.2, -0.15) is 5.10 Å². The van der Waals surface area contributed by atoms with Gasteiger partial charge in [-0.05, 0) is 31.2 Å². The summed E-state index contributed by atoms with van der Waals surface area (Å²) in [6, 6.07) is 9.43. The number of aromatic nitrogens is 4. The van der Waals surface area contributed by atoms with Crippen LogP contribution in [0.3, 0.4) is 0 Å². The molecule has 162 valence electrons. The molecular weight excluding hydrogens is 440 g/mol. The molecule has 0 saturated carbocycles. The minimum atomic E-state index is -0.825. The van der Waals surface area contributed by atoms with Crippen LogP contribution in [0.15, 0.2) is 59.4 Å². The number of hydrogen-bond acceptors (Lipinski definition) is 5. The van der Waals surface area contributed by atoms with Crippen LogP contribution < -0.4 is 5.32 Å². The molecule has 0 radical (unpaired) electrons. The summed E-state index contributed by atoms with van der Waals surface area (Å²) in [5, 5.41) is 10.9. The smallest absolute Gasteiger partial charge is 0.277 e. The van der Waals surface area contributed by atoms with Crippen molar-refractivity contribution in [2.24, 2.45) is 7.05 Å². The summed E-state index contributed by atoms with van der Waals surface area (Å²) in [6.07, 6.45) is 3.12. The fourth-order valence-corrected chi connectivity index (χ4v) is 3.18. The van der Waals surface area contributed by atoms with Crippen molar-refractivity contribution in [1.29, 1.82) is 0 Å². The zero-order valence-electron chi connectivity index (χ0n) is 16.9. The number of pyridine rings is 1. The third-order valence-corrected chi connectivity index (χ3v) is 5.01. The molecule has 0 aliphatic rings. The molecule has 1 amide bonds. The van der Waals surface area contributed by atoms with Crippen molar-refractivity contribution in [2.75, 3.05) is 0 Å². The van der Waals surface area contributed by atoms with Crippen LogP contribution in [0.2, 0.25) is 5.15 Å². The second-order valence-corrected chi connectivity index (χ2v) is 7.23. The molecule has 4 rings (SSSR count). The summed E-state index contributed by atoms with van der Waals surface area (Å²) in [5.41, 5.74) is 2.62. The molecule has 10 heteroatoms. The van der Waals surface area contributed by atoms with E-state index in [4.69, 9.17) is 16.1 Å². The van der Waals surface area contributed by atoms with Crippen LogP contribution in [-0.2, 0) is 7.05 Å². The fraction of sp³-hybridized carbons (Fsp3) is 0.0909. The molecule has 1 N–H and O–H groups in total. The molecule has 3 aromatic heterocycles. The summed E-state index contributed by atoms with van der Waals surface area (Å²) in [5.74, 6) is -2.14. The Morgan fingerprint density at radius 1 is 1.19 bits per heavy atom. The third-order valence-electron chi connectivity index (χ3n) is 4.80. The maximum atomic E-state index is 14.0. The predicted octanol–water partition coefficient (Wildman–Crippen LogP) is 4.53. The van der Waals surface area contributed by atoms with E-state index in [1.165, 1.54) is 18.3 Å². The number of nitrogens with one attached hydrogen (secondary N) is 1. The first kappa shape index (κ1) is 21.4. The molecule has 32 heavy (non-hydrogen) atoms. The number of nitrogens with zero attached hydrogens (tertiary/aromatic N) is 4. The van der Waals surface area contributed by atoms with E-state index >= 15 is 0 Å². The van der Waals surface area contributed by atoms with Crippen LogP contribution in [0.4, 0.5) is 8.78 Å². The predicted molar refractivity (Wildman–Crippen MR) is 114 cm³/mol. The van der Waals surface area contributed by atoms with Crippen molar-refractivity contribution in [3.05, 3.63) is 94.3 Å². The first-order valence-electron chi connectivity index (χ1n) is 9.38. The zero-order valence-corrected chi connectivity index (χ0v) is 17.7. The van der Waals surface area contributed by atoms with Crippen LogP contribution in [0.1, 0.15) is 27.4 Å². The molecule has 4 aromatic rings. The minimum Gasteiger partial charge on any atom is -0.355 e. The molecule has 0 unspecified atom stereocenters. The molecule has 0 atom stereocenters. The highest BCUT2D eigenvalue weighted by atomic mass is 35.5. The lowest BCUT2D eigenvalue weighted by Gasteiger charge is -2.08. The van der Waals surface area contributed by atoms with Crippen LogP contribution >= 0.6 is 11.6 Å². The van der Waals surface area contributed by atoms with E-state index in [2.05, 4.69) is 20.6 Å². The Bertz CT molecular complexity index is 1350. The zero-order chi connectivity index (χ0) is 22.8. The van der Waals surface area contributed by atoms with E-state index in [1.807, 2.05) is 6.92 Å². The van der Waals surface area contributed by atoms with Crippen molar-refractivity contribution in [2.45, 2.75) is 6.92 Å². The number of rotatable bonds is 5. The standard InChI is InChI=1S/C22H16ClF2N5O2/c1-12-15(11-27-30(12)2)16(18-4-3-5-21(23)28-18)10-26-22(31)19-9-20(32-29-19)14-7-6-13(24)8-17(14)25/h3-11H,1-2H3,(H,26,31)/b16-10-. The van der Waals surface area contributed by atoms with Gasteiger partial charge in [-0.3, -0.25) is 9.48 Å². The minimum absolute atomic E-state index is 0.00327. The fourth-order valence-electron chi connectivity index (χ4n) is 3.02. The first-order chi connectivity index (χ1) is 15.3. The quantitative estimate of drug-likeness (QED) is 0.447. The van der Waals surface area contributed by atoms with Crippen LogP contribution in [0.25, 0.3) is 16.9 Å². The second kappa shape index (κ2) is 8.72. The summed E-state index contributed by atoms with van der Waals surface area (Å²) in [7, 11) is 1.80. The molecule has 0 aliphatic carbocycles. The van der Waals surface area contributed by atoms with Gasteiger partial charge in [0.2, 0.25) is 0 Å². The van der Waals surface area contributed by atoms with Gasteiger partial charge >= 0.3 is 0 Å². The van der Waals surface area contributed by atoms with Crippen molar-refractivity contribution in [3.63, 3.8) is 0 Å². The Morgan fingerprint density at radius 2 is 2.00 bits per heavy atom. The summed E-state index contributed by atoms with van der Waals surface area (Å²) in [4.78, 5) is 17.0. The molecule has 0 spiro atoms. The Kier molecular flexibility index (Phi) is 5.83. The van der Waals surface area contributed by atoms with Gasteiger partial charge in [-0.15, -0.1) is 0 Å². The number of hydrogen-bond donors (Lipinski definition) is 1. The number of amides is 1. The average Bonchev–Trinajstić information content (AvgIpc) is 3.37. The van der Waals surface area contributed by atoms with Gasteiger partial charge < -0.3 is 9.84 Å². The van der Waals surface area contributed by atoms with E-state index < -0.39 is 17.5 Å². The maximum absolute atomic E-state index is 14.0. The normalized spacial score (nSPS) is 11.6. The highest BCUT2D eigenvalue weighted by Crippen LogP contribution is 2.26. The van der Waals surface area contributed by atoms with E-state index in [1.54, 1.807) is 36.1 Å². The molecule has 3 heterocycles. The van der Waals surface area contributed by atoms with E-state index in [-0.39, 0.29) is 17.0 Å². The van der Waals surface area contributed by atoms with Gasteiger partial charge in [-0.1, -0.05) is 22.8 Å². The van der Waals surface area contributed by atoms with Gasteiger partial charge in [0.05, 0.1) is 17.5 Å². The van der Waals surface area contributed by atoms with Gasteiger partial charge in [0, 0.05) is 42.2 Å². The van der Waals surface area contributed by atoms with Crippen molar-refractivity contribution in [3.8, 4) is 11.3 Å². The van der Waals surface area contributed by atoms with Crippen molar-refractivity contribution < 1.29 is 18.1 Å². The summed E-state index contributed by atoms with van der Waals surface area (Å²) in [6.45, 7) is 1.88. The average molecular weight is 456 g/mol. The lowest BCUT2D eigenvalue weighted by Crippen LogP contribution is -2.18. The molecule has 0 fully saturated rings. The highest BCUT2D eigenvalue weighted by molar-refractivity contribution is 6.29. The Hall–Kier alpha value is -3.85. The van der Waals surface area contributed by atoms with Gasteiger partial charge in [0.15, 0.2) is 11.5 Å². The van der Waals surface area contributed by atoms with Crippen molar-refractivity contribution >= 4 is 23.1 Å². The third kappa shape index (κ3) is 4.28. The number of aryl methyl sites for hydroxylation is 1. The SMILES string of the molecule is Cc1c(/C(=C/NC(=O)c2cc(-c3ccc(F)cc3F)on2)c2cccc(Cl)n2)cnn1C. The Balaban J connectivity index is 1.64. The highest BCUT2D eigenvalue weighted by Gasteiger charge is 2.18. The van der Waals surface area contributed by atoms with E-state index in [0.717, 1.165) is 23.4 Å². The van der Waals surface area contributed by atoms with Gasteiger partial charge in [0.25, 0.3) is 5.91 Å². The molecule has 0 saturated heterocycles. The summed E-state index contributed by atoms with van der Waals surface area (Å²) < 4.78 is 33.9. The molecule has 0 bridgehead atoms. The monoisotopic (exact) mass is 455 g/mol. The number of carbonyl (C=O) groups is 1. The first-order valence-corrected chi connectivity index (χ1v) is 9.76. The summed E-state index contributed by atoms with van der Waals surface area (Å²) >= 11 is 6.04. The number of halogens is 3. The van der Waals surface area contributed by atoms with Crippen molar-refractivity contribution in [1.82, 2.24) is 25.2 Å². The van der Waals surface area contributed by atoms with Gasteiger partial charge in [-0.25, -0.2) is 13.8 Å². The molecule has 0 aliphatic heterocycles. The maximum Gasteiger partial charge on any atom is 0.277 e. The second-order valence-electron chi connectivity index (χ2n) is 6.84. The van der Waals surface area contributed by atoms with E-state index in [9.17, 15) is 13.6 Å². The number of benzene rings is 1. The molecule has 1 aromatic carbocycles. The lowest BCUT2D eigenvalue weighted by atomic mass is 10.0. The van der Waals surface area contributed by atoms with E-state index in [0.29, 0.717) is 16.4 Å². The van der Waals surface area contributed by atoms with Crippen LogP contribution in [-0.4, -0.2) is 25.8 Å². The van der Waals surface area contributed by atoms with Gasteiger partial charge in [0.1, 0.15) is 16.8 Å².